The fourth-order valence-corrected chi connectivity index (χ4v) is 2.85. The van der Waals surface area contributed by atoms with Crippen LogP contribution in [0.15, 0.2) is 40.9 Å². The van der Waals surface area contributed by atoms with Crippen LogP contribution < -0.4 is 16.2 Å². The van der Waals surface area contributed by atoms with Crippen LogP contribution in [0.5, 0.6) is 0 Å². The van der Waals surface area contributed by atoms with Gasteiger partial charge in [-0.3, -0.25) is 5.43 Å². The van der Waals surface area contributed by atoms with Crippen molar-refractivity contribution < 1.29 is 4.39 Å². The van der Waals surface area contributed by atoms with Crippen LogP contribution in [0.1, 0.15) is 51.8 Å². The first-order chi connectivity index (χ1) is 10.3. The van der Waals surface area contributed by atoms with E-state index in [4.69, 9.17) is 0 Å². The van der Waals surface area contributed by atoms with Crippen molar-refractivity contribution in [1.82, 2.24) is 16.2 Å². The van der Waals surface area contributed by atoms with Gasteiger partial charge in [0, 0.05) is 5.70 Å². The zero-order chi connectivity index (χ0) is 16.4. The minimum Gasteiger partial charge on any atom is -0.364 e. The lowest BCUT2D eigenvalue weighted by molar-refractivity contribution is 0.509. The molecule has 3 N–H and O–H groups in total. The molecule has 0 bridgehead atoms. The molecule has 1 aliphatic rings. The summed E-state index contributed by atoms with van der Waals surface area (Å²) in [5, 5.41) is 3.48. The second-order valence-electron chi connectivity index (χ2n) is 6.31. The monoisotopic (exact) mass is 303 g/mol. The number of nitrogens with one attached hydrogen (secondary N) is 3. The Hall–Kier alpha value is -1.97. The third-order valence-corrected chi connectivity index (χ3v) is 4.30. The van der Waals surface area contributed by atoms with E-state index in [9.17, 15) is 4.39 Å². The van der Waals surface area contributed by atoms with Crippen molar-refractivity contribution in [3.8, 4) is 0 Å². The van der Waals surface area contributed by atoms with E-state index in [2.05, 4.69) is 50.8 Å². The number of hydrogen-bond donors (Lipinski definition) is 3. The number of hydrogen-bond acceptors (Lipinski definition) is 3. The van der Waals surface area contributed by atoms with Crippen molar-refractivity contribution in [2.75, 3.05) is 0 Å². The van der Waals surface area contributed by atoms with E-state index in [1.807, 2.05) is 13.0 Å². The Morgan fingerprint density at radius 1 is 1.00 bits per heavy atom. The molecule has 2 rings (SSSR count). The minimum atomic E-state index is -0.193. The quantitative estimate of drug-likeness (QED) is 0.785. The highest BCUT2D eigenvalue weighted by molar-refractivity contribution is 5.39. The van der Waals surface area contributed by atoms with Crippen molar-refractivity contribution in [3.05, 3.63) is 57.8 Å². The molecule has 0 saturated heterocycles. The van der Waals surface area contributed by atoms with Crippen molar-refractivity contribution >= 4 is 0 Å². The lowest BCUT2D eigenvalue weighted by Crippen LogP contribution is -2.43. The molecule has 1 aromatic rings. The predicted molar refractivity (Wildman–Crippen MR) is 89.2 cm³/mol. The lowest BCUT2D eigenvalue weighted by Gasteiger charge is -2.30. The second-order valence-corrected chi connectivity index (χ2v) is 6.31. The summed E-state index contributed by atoms with van der Waals surface area (Å²) in [6.45, 7) is 12.6. The summed E-state index contributed by atoms with van der Waals surface area (Å²) in [7, 11) is 0. The van der Waals surface area contributed by atoms with Crippen LogP contribution in [-0.4, -0.2) is 0 Å². The highest BCUT2D eigenvalue weighted by Gasteiger charge is 2.19. The molecule has 0 aliphatic carbocycles. The molecule has 120 valence electrons. The van der Waals surface area contributed by atoms with E-state index in [-0.39, 0.29) is 11.9 Å². The molecule has 22 heavy (non-hydrogen) atoms. The van der Waals surface area contributed by atoms with Crippen LogP contribution in [0.2, 0.25) is 0 Å². The van der Waals surface area contributed by atoms with Gasteiger partial charge in [-0.15, -0.1) is 0 Å². The standard InChI is InChI=1S/C18H26FN3/c1-10(2)17-12(4)13(5)18(22-21-17)20-14(6)16-8-7-15(19)9-11(16)3/h7-10,14,20-22H,1-6H3/t14-/m0/s1. The first-order valence-corrected chi connectivity index (χ1v) is 7.78. The van der Waals surface area contributed by atoms with Gasteiger partial charge in [0.1, 0.15) is 11.6 Å². The van der Waals surface area contributed by atoms with Gasteiger partial charge in [-0.1, -0.05) is 19.9 Å². The van der Waals surface area contributed by atoms with Gasteiger partial charge in [0.2, 0.25) is 0 Å². The molecule has 1 atom stereocenters. The van der Waals surface area contributed by atoms with Crippen LogP contribution in [-0.2, 0) is 0 Å². The highest BCUT2D eigenvalue weighted by atomic mass is 19.1. The Bertz CT molecular complexity index is 629. The summed E-state index contributed by atoms with van der Waals surface area (Å²) >= 11 is 0. The summed E-state index contributed by atoms with van der Waals surface area (Å²) in [4.78, 5) is 0. The smallest absolute Gasteiger partial charge is 0.123 e. The zero-order valence-electron chi connectivity index (χ0n) is 14.3. The van der Waals surface area contributed by atoms with Gasteiger partial charge in [0.15, 0.2) is 0 Å². The van der Waals surface area contributed by atoms with Gasteiger partial charge in [0.25, 0.3) is 0 Å². The number of rotatable bonds is 4. The number of halogens is 1. The maximum absolute atomic E-state index is 13.2. The van der Waals surface area contributed by atoms with Crippen molar-refractivity contribution in [1.29, 1.82) is 0 Å². The Balaban J connectivity index is 2.23. The van der Waals surface area contributed by atoms with Gasteiger partial charge in [-0.05, 0) is 68.0 Å². The molecule has 1 aromatic carbocycles. The van der Waals surface area contributed by atoms with Crippen LogP contribution in [0.3, 0.4) is 0 Å². The minimum absolute atomic E-state index is 0.0910. The Morgan fingerprint density at radius 3 is 2.27 bits per heavy atom. The maximum Gasteiger partial charge on any atom is 0.123 e. The average Bonchev–Trinajstić information content (AvgIpc) is 2.43. The molecule has 1 aliphatic heterocycles. The lowest BCUT2D eigenvalue weighted by atomic mass is 9.98. The van der Waals surface area contributed by atoms with Gasteiger partial charge in [0.05, 0.1) is 6.04 Å². The van der Waals surface area contributed by atoms with Gasteiger partial charge >= 0.3 is 0 Å². The van der Waals surface area contributed by atoms with Gasteiger partial charge in [-0.2, -0.15) is 0 Å². The molecule has 3 nitrogen and oxygen atoms in total. The van der Waals surface area contributed by atoms with Crippen LogP contribution in [0.4, 0.5) is 4.39 Å². The Morgan fingerprint density at radius 2 is 1.68 bits per heavy atom. The largest absolute Gasteiger partial charge is 0.364 e. The summed E-state index contributed by atoms with van der Waals surface area (Å²) in [5.41, 5.74) is 12.3. The van der Waals surface area contributed by atoms with Gasteiger partial charge in [-0.25, -0.2) is 4.39 Å². The van der Waals surface area contributed by atoms with E-state index in [0.717, 1.165) is 16.9 Å². The molecular formula is C18H26FN3. The molecule has 0 amide bonds. The summed E-state index contributed by atoms with van der Waals surface area (Å²) < 4.78 is 13.2. The second kappa shape index (κ2) is 6.42. The van der Waals surface area contributed by atoms with Crippen LogP contribution in [0.25, 0.3) is 0 Å². The third kappa shape index (κ3) is 3.26. The van der Waals surface area contributed by atoms with E-state index in [0.29, 0.717) is 5.92 Å². The normalized spacial score (nSPS) is 16.5. The fraction of sp³-hybridized carbons (Fsp3) is 0.444. The third-order valence-electron chi connectivity index (χ3n) is 4.30. The molecule has 0 unspecified atom stereocenters. The van der Waals surface area contributed by atoms with E-state index in [1.54, 1.807) is 6.07 Å². The first-order valence-electron chi connectivity index (χ1n) is 7.78. The van der Waals surface area contributed by atoms with Crippen molar-refractivity contribution in [3.63, 3.8) is 0 Å². The van der Waals surface area contributed by atoms with Crippen LogP contribution >= 0.6 is 0 Å². The van der Waals surface area contributed by atoms with Gasteiger partial charge < -0.3 is 10.7 Å². The molecule has 4 heteroatoms. The molecule has 0 fully saturated rings. The van der Waals surface area contributed by atoms with E-state index in [1.165, 1.54) is 22.9 Å². The molecule has 0 spiro atoms. The number of hydrazine groups is 1. The number of benzene rings is 1. The van der Waals surface area contributed by atoms with Crippen LogP contribution in [0, 0.1) is 18.7 Å². The first kappa shape index (κ1) is 16.4. The molecule has 0 radical (unpaired) electrons. The average molecular weight is 303 g/mol. The van der Waals surface area contributed by atoms with E-state index >= 15 is 0 Å². The maximum atomic E-state index is 13.2. The summed E-state index contributed by atoms with van der Waals surface area (Å²) in [5.74, 6) is 1.22. The highest BCUT2D eigenvalue weighted by Crippen LogP contribution is 2.25. The molecule has 0 aromatic heterocycles. The molecular weight excluding hydrogens is 277 g/mol. The topological polar surface area (TPSA) is 36.1 Å². The van der Waals surface area contributed by atoms with Crippen molar-refractivity contribution in [2.45, 2.75) is 47.6 Å². The Labute approximate surface area is 132 Å². The van der Waals surface area contributed by atoms with Crippen molar-refractivity contribution in [2.24, 2.45) is 5.92 Å². The SMILES string of the molecule is CC1=C(N[C@@H](C)c2ccc(F)cc2C)NNC(C(C)C)=C1C. The molecule has 1 heterocycles. The summed E-state index contributed by atoms with van der Waals surface area (Å²) in [6, 6.07) is 5.02. The number of aryl methyl sites for hydroxylation is 1. The number of allylic oxidation sites excluding steroid dienone is 3. The molecule has 0 saturated carbocycles. The fourth-order valence-electron chi connectivity index (χ4n) is 2.85. The Kier molecular flexibility index (Phi) is 4.79. The summed E-state index contributed by atoms with van der Waals surface area (Å²) in [6.07, 6.45) is 0. The predicted octanol–water partition coefficient (Wildman–Crippen LogP) is 4.05. The zero-order valence-corrected chi connectivity index (χ0v) is 14.3. The van der Waals surface area contributed by atoms with E-state index < -0.39 is 0 Å².